The number of alkyl halides is 1. The summed E-state index contributed by atoms with van der Waals surface area (Å²) in [7, 11) is 0. The summed E-state index contributed by atoms with van der Waals surface area (Å²) >= 11 is 6.47. The Hall–Kier alpha value is -0.530. The molecule has 0 aliphatic carbocycles. The van der Waals surface area contributed by atoms with E-state index in [0.717, 1.165) is 12.8 Å². The van der Waals surface area contributed by atoms with E-state index in [1.165, 1.54) is 95.5 Å². The van der Waals surface area contributed by atoms with Gasteiger partial charge in [-0.1, -0.05) is 121 Å². The maximum absolute atomic E-state index is 6.47. The summed E-state index contributed by atoms with van der Waals surface area (Å²) in [4.78, 5) is 0. The molecule has 1 aromatic carbocycles. The highest BCUT2D eigenvalue weighted by atomic mass is 35.5. The summed E-state index contributed by atoms with van der Waals surface area (Å²) in [5, 5.41) is 0.355. The van der Waals surface area contributed by atoms with Gasteiger partial charge in [0, 0.05) is 5.38 Å². The molecule has 0 heterocycles. The zero-order chi connectivity index (χ0) is 18.0. The number of benzene rings is 1. The van der Waals surface area contributed by atoms with Crippen LogP contribution in [0.3, 0.4) is 0 Å². The van der Waals surface area contributed by atoms with Gasteiger partial charge in [0.2, 0.25) is 0 Å². The fraction of sp³-hybridized carbons (Fsp3) is 0.750. The van der Waals surface area contributed by atoms with Crippen molar-refractivity contribution in [2.45, 2.75) is 115 Å². The second-order valence-corrected chi connectivity index (χ2v) is 8.27. The molecular weight excluding hydrogens is 338 g/mol. The van der Waals surface area contributed by atoms with E-state index in [9.17, 15) is 0 Å². The zero-order valence-corrected chi connectivity index (χ0v) is 18.1. The van der Waals surface area contributed by atoms with Gasteiger partial charge >= 0.3 is 0 Å². The van der Waals surface area contributed by atoms with Crippen LogP contribution in [0.2, 0.25) is 0 Å². The highest BCUT2D eigenvalue weighted by molar-refractivity contribution is 6.20. The van der Waals surface area contributed by atoms with Crippen LogP contribution in [0.5, 0.6) is 0 Å². The molecule has 0 spiro atoms. The standard InChI is InChI=1S/C24H41Cl.H3N/c1-2-3-4-5-6-7-8-9-10-11-12-13-17-20-24(25)22-21-23-18-15-14-16-19-23;/h14-16,18-19,24H,2-13,17,20-22H2,1H3;1H3. The lowest BCUT2D eigenvalue weighted by molar-refractivity contribution is 0.530. The van der Waals surface area contributed by atoms with Crippen LogP contribution in [0, 0.1) is 0 Å². The van der Waals surface area contributed by atoms with E-state index in [2.05, 4.69) is 37.3 Å². The van der Waals surface area contributed by atoms with Gasteiger partial charge in [0.1, 0.15) is 0 Å². The van der Waals surface area contributed by atoms with Gasteiger partial charge in [-0.2, -0.15) is 0 Å². The average molecular weight is 382 g/mol. The van der Waals surface area contributed by atoms with Crippen LogP contribution < -0.4 is 6.15 Å². The van der Waals surface area contributed by atoms with E-state index >= 15 is 0 Å². The minimum absolute atomic E-state index is 0. The Morgan fingerprint density at radius 1 is 0.654 bits per heavy atom. The van der Waals surface area contributed by atoms with Gasteiger partial charge in [0.05, 0.1) is 0 Å². The quantitative estimate of drug-likeness (QED) is 0.212. The molecule has 0 aromatic heterocycles. The van der Waals surface area contributed by atoms with Crippen molar-refractivity contribution < 1.29 is 0 Å². The second-order valence-electron chi connectivity index (χ2n) is 7.65. The molecule has 1 nitrogen and oxygen atoms in total. The largest absolute Gasteiger partial charge is 0.344 e. The lowest BCUT2D eigenvalue weighted by atomic mass is 10.0. The maximum atomic E-state index is 6.47. The normalized spacial score (nSPS) is 11.9. The number of hydrogen-bond donors (Lipinski definition) is 1. The summed E-state index contributed by atoms with van der Waals surface area (Å²) < 4.78 is 0. The molecule has 2 heteroatoms. The molecule has 0 saturated heterocycles. The number of aryl methyl sites for hydroxylation is 1. The van der Waals surface area contributed by atoms with Crippen molar-refractivity contribution in [1.82, 2.24) is 6.15 Å². The first-order chi connectivity index (χ1) is 12.3. The molecule has 1 aromatic rings. The van der Waals surface area contributed by atoms with Gasteiger partial charge in [-0.3, -0.25) is 0 Å². The molecule has 0 aliphatic rings. The van der Waals surface area contributed by atoms with Crippen molar-refractivity contribution >= 4 is 11.6 Å². The Balaban J connectivity index is 0.00000625. The van der Waals surface area contributed by atoms with Gasteiger partial charge in [-0.15, -0.1) is 11.6 Å². The zero-order valence-electron chi connectivity index (χ0n) is 17.4. The number of hydrogen-bond acceptors (Lipinski definition) is 1. The maximum Gasteiger partial charge on any atom is 0.0339 e. The first kappa shape index (κ1) is 25.5. The van der Waals surface area contributed by atoms with Gasteiger partial charge < -0.3 is 6.15 Å². The summed E-state index contributed by atoms with van der Waals surface area (Å²) in [6.45, 7) is 2.29. The predicted molar refractivity (Wildman–Crippen MR) is 120 cm³/mol. The topological polar surface area (TPSA) is 35.0 Å². The third kappa shape index (κ3) is 15.7. The summed E-state index contributed by atoms with van der Waals surface area (Å²) in [6, 6.07) is 10.7. The van der Waals surface area contributed by atoms with Crippen LogP contribution in [-0.2, 0) is 6.42 Å². The third-order valence-electron chi connectivity index (χ3n) is 5.21. The number of unbranched alkanes of at least 4 members (excludes halogenated alkanes) is 12. The van der Waals surface area contributed by atoms with E-state index in [1.807, 2.05) is 0 Å². The predicted octanol–water partition coefficient (Wildman–Crippen LogP) is 8.87. The van der Waals surface area contributed by atoms with Gasteiger partial charge in [0.25, 0.3) is 0 Å². The summed E-state index contributed by atoms with van der Waals surface area (Å²) in [5.41, 5.74) is 1.42. The van der Waals surface area contributed by atoms with E-state index in [-0.39, 0.29) is 6.15 Å². The Kier molecular flexibility index (Phi) is 18.8. The summed E-state index contributed by atoms with van der Waals surface area (Å²) in [5.74, 6) is 0. The highest BCUT2D eigenvalue weighted by Crippen LogP contribution is 2.17. The SMILES string of the molecule is CCCCCCCCCCCCCCCC(Cl)CCc1ccccc1.N. The number of halogens is 1. The minimum Gasteiger partial charge on any atom is -0.344 e. The molecule has 0 bridgehead atoms. The van der Waals surface area contributed by atoms with Gasteiger partial charge in [-0.05, 0) is 24.8 Å². The molecule has 0 aliphatic heterocycles. The molecule has 1 atom stereocenters. The minimum atomic E-state index is 0. The number of rotatable bonds is 17. The molecule has 0 saturated carbocycles. The Morgan fingerprint density at radius 3 is 1.62 bits per heavy atom. The molecule has 1 rings (SSSR count). The van der Waals surface area contributed by atoms with Crippen molar-refractivity contribution in [2.24, 2.45) is 0 Å². The van der Waals surface area contributed by atoms with Crippen LogP contribution in [0.4, 0.5) is 0 Å². The van der Waals surface area contributed by atoms with E-state index in [4.69, 9.17) is 11.6 Å². The van der Waals surface area contributed by atoms with Crippen molar-refractivity contribution in [2.75, 3.05) is 0 Å². The lowest BCUT2D eigenvalue weighted by Crippen LogP contribution is -2.00. The van der Waals surface area contributed by atoms with Crippen molar-refractivity contribution in [3.05, 3.63) is 35.9 Å². The first-order valence-corrected chi connectivity index (χ1v) is 11.4. The van der Waals surface area contributed by atoms with Crippen LogP contribution in [0.25, 0.3) is 0 Å². The molecule has 0 fully saturated rings. The first-order valence-electron chi connectivity index (χ1n) is 11.0. The average Bonchev–Trinajstić information content (AvgIpc) is 2.64. The molecule has 26 heavy (non-hydrogen) atoms. The van der Waals surface area contributed by atoms with Crippen molar-refractivity contribution in [1.29, 1.82) is 0 Å². The fourth-order valence-corrected chi connectivity index (χ4v) is 3.76. The van der Waals surface area contributed by atoms with E-state index < -0.39 is 0 Å². The van der Waals surface area contributed by atoms with Crippen molar-refractivity contribution in [3.63, 3.8) is 0 Å². The smallest absolute Gasteiger partial charge is 0.0339 e. The molecule has 0 radical (unpaired) electrons. The van der Waals surface area contributed by atoms with Crippen LogP contribution in [0.15, 0.2) is 30.3 Å². The lowest BCUT2D eigenvalue weighted by Gasteiger charge is -2.09. The Bertz CT molecular complexity index is 379. The Morgan fingerprint density at radius 2 is 1.12 bits per heavy atom. The van der Waals surface area contributed by atoms with E-state index in [0.29, 0.717) is 5.38 Å². The monoisotopic (exact) mass is 381 g/mol. The van der Waals surface area contributed by atoms with Gasteiger partial charge in [-0.25, -0.2) is 0 Å². The van der Waals surface area contributed by atoms with Crippen LogP contribution in [0.1, 0.15) is 109 Å². The van der Waals surface area contributed by atoms with Crippen LogP contribution in [-0.4, -0.2) is 5.38 Å². The van der Waals surface area contributed by atoms with Crippen molar-refractivity contribution in [3.8, 4) is 0 Å². The van der Waals surface area contributed by atoms with Crippen LogP contribution >= 0.6 is 11.6 Å². The fourth-order valence-electron chi connectivity index (χ4n) is 3.50. The third-order valence-corrected chi connectivity index (χ3v) is 5.65. The molecule has 1 unspecified atom stereocenters. The molecule has 152 valence electrons. The molecular formula is C24H44ClN. The molecule has 3 N–H and O–H groups in total. The summed E-state index contributed by atoms with van der Waals surface area (Å²) in [6.07, 6.45) is 21.9. The second kappa shape index (κ2) is 19.2. The molecule has 0 amide bonds. The highest BCUT2D eigenvalue weighted by Gasteiger charge is 2.04. The Labute approximate surface area is 168 Å². The van der Waals surface area contributed by atoms with Gasteiger partial charge in [0.15, 0.2) is 0 Å². The van der Waals surface area contributed by atoms with E-state index in [1.54, 1.807) is 0 Å².